The Balaban J connectivity index is 1.43. The molecule has 0 bridgehead atoms. The van der Waals surface area contributed by atoms with Gasteiger partial charge in [-0.25, -0.2) is 4.68 Å². The van der Waals surface area contributed by atoms with E-state index in [1.807, 2.05) is 43.3 Å². The number of anilines is 1. The first-order valence-corrected chi connectivity index (χ1v) is 8.28. The minimum absolute atomic E-state index is 0.138. The highest BCUT2D eigenvalue weighted by molar-refractivity contribution is 5.92. The van der Waals surface area contributed by atoms with E-state index in [1.165, 1.54) is 6.33 Å². The van der Waals surface area contributed by atoms with Gasteiger partial charge < -0.3 is 5.32 Å². The third kappa shape index (κ3) is 3.56. The van der Waals surface area contributed by atoms with E-state index in [9.17, 15) is 4.79 Å². The van der Waals surface area contributed by atoms with Gasteiger partial charge in [-0.3, -0.25) is 14.9 Å². The molecule has 0 aliphatic carbocycles. The highest BCUT2D eigenvalue weighted by Gasteiger charge is 2.13. The molecular formula is C18H16N8O. The molecule has 0 saturated heterocycles. The summed E-state index contributed by atoms with van der Waals surface area (Å²) in [7, 11) is 0. The van der Waals surface area contributed by atoms with Crippen LogP contribution in [-0.2, 0) is 11.2 Å². The van der Waals surface area contributed by atoms with Crippen molar-refractivity contribution in [1.29, 1.82) is 0 Å². The average Bonchev–Trinajstić information content (AvgIpc) is 3.34. The Morgan fingerprint density at radius 3 is 2.63 bits per heavy atom. The zero-order valence-electron chi connectivity index (χ0n) is 14.5. The first-order valence-electron chi connectivity index (χ1n) is 8.28. The van der Waals surface area contributed by atoms with Crippen LogP contribution in [0.4, 0.5) is 5.82 Å². The molecule has 4 aromatic rings. The second-order valence-electron chi connectivity index (χ2n) is 5.95. The molecule has 0 atom stereocenters. The molecule has 0 aliphatic rings. The van der Waals surface area contributed by atoms with Crippen molar-refractivity contribution in [3.8, 4) is 16.9 Å². The van der Waals surface area contributed by atoms with Gasteiger partial charge in [0, 0.05) is 23.5 Å². The highest BCUT2D eigenvalue weighted by atomic mass is 16.1. The van der Waals surface area contributed by atoms with E-state index in [0.717, 1.165) is 28.1 Å². The Morgan fingerprint density at radius 1 is 1.15 bits per heavy atom. The van der Waals surface area contributed by atoms with E-state index in [0.29, 0.717) is 5.82 Å². The van der Waals surface area contributed by atoms with Crippen LogP contribution in [0.1, 0.15) is 11.1 Å². The van der Waals surface area contributed by atoms with E-state index >= 15 is 0 Å². The van der Waals surface area contributed by atoms with Crippen molar-refractivity contribution < 1.29 is 4.79 Å². The number of aromatic nitrogens is 7. The molecule has 9 heteroatoms. The van der Waals surface area contributed by atoms with E-state index in [1.54, 1.807) is 17.1 Å². The number of H-pyrrole nitrogens is 1. The van der Waals surface area contributed by atoms with Crippen LogP contribution >= 0.6 is 0 Å². The van der Waals surface area contributed by atoms with Crippen LogP contribution in [0.2, 0.25) is 0 Å². The molecule has 0 radical (unpaired) electrons. The number of pyridine rings is 1. The van der Waals surface area contributed by atoms with Crippen LogP contribution in [0.3, 0.4) is 0 Å². The number of nitrogens with zero attached hydrogens (tertiary/aromatic N) is 6. The molecule has 2 N–H and O–H groups in total. The van der Waals surface area contributed by atoms with Crippen molar-refractivity contribution >= 4 is 11.7 Å². The summed E-state index contributed by atoms with van der Waals surface area (Å²) in [4.78, 5) is 16.4. The number of hydrogen-bond acceptors (Lipinski definition) is 6. The number of aromatic amines is 1. The fourth-order valence-electron chi connectivity index (χ4n) is 2.73. The molecule has 9 nitrogen and oxygen atoms in total. The van der Waals surface area contributed by atoms with Gasteiger partial charge in [0.05, 0.1) is 17.8 Å². The molecule has 0 spiro atoms. The van der Waals surface area contributed by atoms with Crippen LogP contribution in [0, 0.1) is 6.92 Å². The summed E-state index contributed by atoms with van der Waals surface area (Å²) in [5.41, 5.74) is 4.41. The summed E-state index contributed by atoms with van der Waals surface area (Å²) >= 11 is 0. The molecule has 0 unspecified atom stereocenters. The van der Waals surface area contributed by atoms with E-state index in [-0.39, 0.29) is 12.3 Å². The van der Waals surface area contributed by atoms with Crippen molar-refractivity contribution in [1.82, 2.24) is 35.4 Å². The van der Waals surface area contributed by atoms with Crippen molar-refractivity contribution in [2.75, 3.05) is 5.32 Å². The van der Waals surface area contributed by atoms with E-state index < -0.39 is 0 Å². The Morgan fingerprint density at radius 2 is 1.93 bits per heavy atom. The van der Waals surface area contributed by atoms with Gasteiger partial charge in [-0.1, -0.05) is 12.1 Å². The predicted molar refractivity (Wildman–Crippen MR) is 98.0 cm³/mol. The van der Waals surface area contributed by atoms with Gasteiger partial charge >= 0.3 is 0 Å². The van der Waals surface area contributed by atoms with Crippen LogP contribution < -0.4 is 5.32 Å². The predicted octanol–water partition coefficient (Wildman–Crippen LogP) is 1.94. The molecule has 3 heterocycles. The summed E-state index contributed by atoms with van der Waals surface area (Å²) in [6.45, 7) is 1.91. The molecule has 4 rings (SSSR count). The Bertz CT molecular complexity index is 1040. The fourth-order valence-corrected chi connectivity index (χ4v) is 2.73. The molecule has 3 aromatic heterocycles. The van der Waals surface area contributed by atoms with Gasteiger partial charge in [0.1, 0.15) is 6.33 Å². The minimum Gasteiger partial charge on any atom is -0.309 e. The largest absolute Gasteiger partial charge is 0.309 e. The normalized spacial score (nSPS) is 10.7. The van der Waals surface area contributed by atoms with Crippen LogP contribution in [0.5, 0.6) is 0 Å². The SMILES string of the molecule is Cc1c(NC(=O)Cc2ccc(-n3cnnn3)cc2)n[nH]c1-c1ccncc1. The zero-order chi connectivity index (χ0) is 18.6. The lowest BCUT2D eigenvalue weighted by Crippen LogP contribution is -2.15. The van der Waals surface area contributed by atoms with Crippen molar-refractivity contribution in [3.63, 3.8) is 0 Å². The summed E-state index contributed by atoms with van der Waals surface area (Å²) in [5, 5.41) is 21.1. The summed E-state index contributed by atoms with van der Waals surface area (Å²) in [5.74, 6) is 0.387. The molecule has 1 aromatic carbocycles. The quantitative estimate of drug-likeness (QED) is 0.562. The highest BCUT2D eigenvalue weighted by Crippen LogP contribution is 2.25. The Kier molecular flexibility index (Phi) is 4.40. The fraction of sp³-hybridized carbons (Fsp3) is 0.111. The van der Waals surface area contributed by atoms with Gasteiger partial charge in [0.25, 0.3) is 0 Å². The van der Waals surface area contributed by atoms with Gasteiger partial charge in [0.2, 0.25) is 5.91 Å². The molecule has 0 aliphatic heterocycles. The van der Waals surface area contributed by atoms with Crippen molar-refractivity contribution in [2.24, 2.45) is 0 Å². The van der Waals surface area contributed by atoms with Crippen LogP contribution in [-0.4, -0.2) is 41.3 Å². The number of hydrogen-bond donors (Lipinski definition) is 2. The maximum Gasteiger partial charge on any atom is 0.230 e. The standard InChI is InChI=1S/C18H16N8O/c1-12-17(14-6-8-19-9-7-14)22-23-18(12)21-16(27)10-13-2-4-15(5-3-13)26-11-20-24-25-26/h2-9,11H,10H2,1H3,(H2,21,22,23,27). The third-order valence-corrected chi connectivity index (χ3v) is 4.15. The van der Waals surface area contributed by atoms with Gasteiger partial charge in [0.15, 0.2) is 5.82 Å². The molecular weight excluding hydrogens is 344 g/mol. The first kappa shape index (κ1) is 16.6. The van der Waals surface area contributed by atoms with Crippen molar-refractivity contribution in [2.45, 2.75) is 13.3 Å². The minimum atomic E-state index is -0.138. The number of nitrogens with one attached hydrogen (secondary N) is 2. The smallest absolute Gasteiger partial charge is 0.230 e. The summed E-state index contributed by atoms with van der Waals surface area (Å²) < 4.78 is 1.55. The lowest BCUT2D eigenvalue weighted by molar-refractivity contribution is -0.115. The molecule has 0 fully saturated rings. The maximum atomic E-state index is 12.4. The maximum absolute atomic E-state index is 12.4. The molecule has 1 amide bonds. The zero-order valence-corrected chi connectivity index (χ0v) is 14.5. The Labute approximate surface area is 154 Å². The topological polar surface area (TPSA) is 114 Å². The molecule has 134 valence electrons. The van der Waals surface area contributed by atoms with Gasteiger partial charge in [-0.2, -0.15) is 5.10 Å². The van der Waals surface area contributed by atoms with Crippen LogP contribution in [0.25, 0.3) is 16.9 Å². The summed E-state index contributed by atoms with van der Waals surface area (Å²) in [6, 6.07) is 11.2. The monoisotopic (exact) mass is 360 g/mol. The molecule has 27 heavy (non-hydrogen) atoms. The average molecular weight is 360 g/mol. The van der Waals surface area contributed by atoms with Gasteiger partial charge in [-0.05, 0) is 47.2 Å². The number of benzene rings is 1. The Hall–Kier alpha value is -3.88. The summed E-state index contributed by atoms with van der Waals surface area (Å²) in [6.07, 6.45) is 5.19. The number of rotatable bonds is 5. The number of tetrazole rings is 1. The first-order chi connectivity index (χ1) is 13.2. The second-order valence-corrected chi connectivity index (χ2v) is 5.95. The number of carbonyl (C=O) groups is 1. The second kappa shape index (κ2) is 7.16. The number of amides is 1. The van der Waals surface area contributed by atoms with Crippen molar-refractivity contribution in [3.05, 3.63) is 66.2 Å². The lowest BCUT2D eigenvalue weighted by Gasteiger charge is -2.05. The van der Waals surface area contributed by atoms with Crippen LogP contribution in [0.15, 0.2) is 55.1 Å². The molecule has 0 saturated carbocycles. The lowest BCUT2D eigenvalue weighted by atomic mass is 10.1. The van der Waals surface area contributed by atoms with E-state index in [2.05, 4.69) is 36.0 Å². The third-order valence-electron chi connectivity index (χ3n) is 4.15. The van der Waals surface area contributed by atoms with E-state index in [4.69, 9.17) is 0 Å². The number of carbonyl (C=O) groups excluding carboxylic acids is 1. The van der Waals surface area contributed by atoms with Gasteiger partial charge in [-0.15, -0.1) is 5.10 Å².